The molecular weight excluding hydrogens is 240 g/mol. The zero-order chi connectivity index (χ0) is 12.3. The second-order valence-corrected chi connectivity index (χ2v) is 4.04. The Morgan fingerprint density at radius 2 is 2.53 bits per heavy atom. The fraction of sp³-hybridized carbons (Fsp3) is 0.111. The third-order valence-corrected chi connectivity index (χ3v) is 3.01. The molecule has 3 N–H and O–H groups in total. The van der Waals surface area contributed by atoms with Gasteiger partial charge in [-0.05, 0) is 17.0 Å². The molecule has 0 aliphatic heterocycles. The number of nitrogen functional groups attached to an aromatic ring is 1. The number of carbonyl (C=O) groups excluding carboxylic acids is 1. The number of nitrogens with two attached hydrogens (primary N) is 1. The number of thiophene rings is 1. The number of aromatic nitrogens is 3. The Balaban J connectivity index is 2.22. The molecule has 7 nitrogen and oxygen atoms in total. The van der Waals surface area contributed by atoms with E-state index in [1.54, 1.807) is 5.38 Å². The highest BCUT2D eigenvalue weighted by Crippen LogP contribution is 2.17. The van der Waals surface area contributed by atoms with Crippen LogP contribution >= 0.6 is 11.3 Å². The van der Waals surface area contributed by atoms with Gasteiger partial charge in [0.1, 0.15) is 12.4 Å². The van der Waals surface area contributed by atoms with Gasteiger partial charge in [-0.25, -0.2) is 15.5 Å². The Hall–Kier alpha value is -2.24. The molecule has 0 saturated carbocycles. The predicted octanol–water partition coefficient (Wildman–Crippen LogP) is -0.137. The first kappa shape index (κ1) is 11.3. The van der Waals surface area contributed by atoms with E-state index in [1.165, 1.54) is 22.3 Å². The Bertz CT molecular complexity index is 580. The minimum atomic E-state index is -0.337. The molecule has 0 unspecified atom stereocenters. The summed E-state index contributed by atoms with van der Waals surface area (Å²) in [5.41, 5.74) is 2.87. The van der Waals surface area contributed by atoms with Gasteiger partial charge in [-0.15, -0.1) is 16.4 Å². The van der Waals surface area contributed by atoms with Crippen LogP contribution in [0.4, 0.5) is 0 Å². The molecule has 0 bridgehead atoms. The summed E-state index contributed by atoms with van der Waals surface area (Å²) in [4.78, 5) is 15.7. The Kier molecular flexibility index (Phi) is 3.13. The van der Waals surface area contributed by atoms with E-state index in [4.69, 9.17) is 11.1 Å². The van der Waals surface area contributed by atoms with Crippen molar-refractivity contribution in [2.24, 2.45) is 5.84 Å². The molecule has 2 rings (SSSR count). The van der Waals surface area contributed by atoms with Crippen LogP contribution in [-0.2, 0) is 6.54 Å². The SMILES string of the molecule is N#Cc1ncn(Cc2ccsc2C(=O)NN)n1. The molecule has 0 spiro atoms. The van der Waals surface area contributed by atoms with Crippen LogP contribution in [0, 0.1) is 11.3 Å². The summed E-state index contributed by atoms with van der Waals surface area (Å²) >= 11 is 1.30. The fourth-order valence-corrected chi connectivity index (χ4v) is 2.14. The van der Waals surface area contributed by atoms with Crippen LogP contribution in [-0.4, -0.2) is 20.7 Å². The molecule has 0 atom stereocenters. The summed E-state index contributed by atoms with van der Waals surface area (Å²) in [6.45, 7) is 0.376. The van der Waals surface area contributed by atoms with Crippen LogP contribution in [0.5, 0.6) is 0 Å². The van der Waals surface area contributed by atoms with Crippen molar-refractivity contribution in [2.45, 2.75) is 6.54 Å². The van der Waals surface area contributed by atoms with E-state index in [-0.39, 0.29) is 11.7 Å². The Labute approximate surface area is 100 Å². The normalized spacial score (nSPS) is 9.88. The molecule has 86 valence electrons. The predicted molar refractivity (Wildman–Crippen MR) is 59.8 cm³/mol. The van der Waals surface area contributed by atoms with Gasteiger partial charge < -0.3 is 0 Å². The zero-order valence-corrected chi connectivity index (χ0v) is 9.44. The number of nitrogens with one attached hydrogen (secondary N) is 1. The molecule has 1 amide bonds. The monoisotopic (exact) mass is 248 g/mol. The zero-order valence-electron chi connectivity index (χ0n) is 8.62. The average molecular weight is 248 g/mol. The quantitative estimate of drug-likeness (QED) is 0.446. The van der Waals surface area contributed by atoms with Crippen LogP contribution in [0.1, 0.15) is 21.1 Å². The lowest BCUT2D eigenvalue weighted by Crippen LogP contribution is -2.30. The molecule has 17 heavy (non-hydrogen) atoms. The fourth-order valence-electron chi connectivity index (χ4n) is 1.32. The van der Waals surface area contributed by atoms with Crippen molar-refractivity contribution in [2.75, 3.05) is 0 Å². The van der Waals surface area contributed by atoms with Gasteiger partial charge in [0.05, 0.1) is 11.4 Å². The number of rotatable bonds is 3. The average Bonchev–Trinajstić information content (AvgIpc) is 2.97. The smallest absolute Gasteiger partial charge is 0.275 e. The molecule has 0 fully saturated rings. The molecule has 0 saturated heterocycles. The Morgan fingerprint density at radius 1 is 1.71 bits per heavy atom. The van der Waals surface area contributed by atoms with Crippen molar-refractivity contribution < 1.29 is 4.79 Å². The number of amides is 1. The van der Waals surface area contributed by atoms with Crippen LogP contribution in [0.3, 0.4) is 0 Å². The number of carbonyl (C=O) groups is 1. The van der Waals surface area contributed by atoms with E-state index >= 15 is 0 Å². The number of hydrazine groups is 1. The maximum Gasteiger partial charge on any atom is 0.275 e. The van der Waals surface area contributed by atoms with Gasteiger partial charge in [0.2, 0.25) is 0 Å². The highest BCUT2D eigenvalue weighted by Gasteiger charge is 2.12. The molecule has 8 heteroatoms. The van der Waals surface area contributed by atoms with Crippen molar-refractivity contribution in [3.63, 3.8) is 0 Å². The van der Waals surface area contributed by atoms with Crippen molar-refractivity contribution in [1.29, 1.82) is 5.26 Å². The van der Waals surface area contributed by atoms with Crippen LogP contribution in [0.15, 0.2) is 17.8 Å². The van der Waals surface area contributed by atoms with Crippen molar-refractivity contribution in [3.05, 3.63) is 34.0 Å². The number of nitriles is 1. The van der Waals surface area contributed by atoms with Crippen LogP contribution in [0.25, 0.3) is 0 Å². The highest BCUT2D eigenvalue weighted by molar-refractivity contribution is 7.12. The summed E-state index contributed by atoms with van der Waals surface area (Å²) in [5, 5.41) is 14.3. The topological polar surface area (TPSA) is 110 Å². The summed E-state index contributed by atoms with van der Waals surface area (Å²) < 4.78 is 1.49. The summed E-state index contributed by atoms with van der Waals surface area (Å²) in [6.07, 6.45) is 1.44. The van der Waals surface area contributed by atoms with E-state index in [0.29, 0.717) is 11.4 Å². The maximum atomic E-state index is 11.4. The van der Waals surface area contributed by atoms with E-state index in [1.807, 2.05) is 12.1 Å². The molecular formula is C9H8N6OS. The molecule has 2 aromatic rings. The third-order valence-electron chi connectivity index (χ3n) is 2.05. The van der Waals surface area contributed by atoms with Gasteiger partial charge >= 0.3 is 0 Å². The van der Waals surface area contributed by atoms with Gasteiger partial charge in [-0.2, -0.15) is 5.26 Å². The number of nitrogens with zero attached hydrogens (tertiary/aromatic N) is 4. The van der Waals surface area contributed by atoms with Gasteiger partial charge in [-0.1, -0.05) is 0 Å². The lowest BCUT2D eigenvalue weighted by molar-refractivity contribution is 0.0956. The van der Waals surface area contributed by atoms with Gasteiger partial charge in [-0.3, -0.25) is 10.2 Å². The largest absolute Gasteiger partial charge is 0.289 e. The highest BCUT2D eigenvalue weighted by atomic mass is 32.1. The van der Waals surface area contributed by atoms with Gasteiger partial charge in [0.25, 0.3) is 11.7 Å². The van der Waals surface area contributed by atoms with Gasteiger partial charge in [0.15, 0.2) is 0 Å². The minimum absolute atomic E-state index is 0.102. The second-order valence-electron chi connectivity index (χ2n) is 3.13. The summed E-state index contributed by atoms with van der Waals surface area (Å²) in [5.74, 6) is 4.84. The van der Waals surface area contributed by atoms with Crippen molar-refractivity contribution in [3.8, 4) is 6.07 Å². The first-order valence-electron chi connectivity index (χ1n) is 4.61. The summed E-state index contributed by atoms with van der Waals surface area (Å²) in [6, 6.07) is 3.64. The lowest BCUT2D eigenvalue weighted by Gasteiger charge is -2.01. The standard InChI is InChI=1S/C9H8N6OS/c10-3-7-12-5-15(14-7)4-6-1-2-17-8(6)9(16)13-11/h1-2,5H,4,11H2,(H,13,16). The first-order valence-corrected chi connectivity index (χ1v) is 5.49. The lowest BCUT2D eigenvalue weighted by atomic mass is 10.2. The molecule has 2 aromatic heterocycles. The third kappa shape index (κ3) is 2.30. The molecule has 0 aliphatic carbocycles. The summed E-state index contributed by atoms with van der Waals surface area (Å²) in [7, 11) is 0. The minimum Gasteiger partial charge on any atom is -0.289 e. The second kappa shape index (κ2) is 4.73. The van der Waals surface area contributed by atoms with E-state index in [9.17, 15) is 4.79 Å². The van der Waals surface area contributed by atoms with Crippen LogP contribution in [0.2, 0.25) is 0 Å². The van der Waals surface area contributed by atoms with E-state index < -0.39 is 0 Å². The molecule has 0 aromatic carbocycles. The first-order chi connectivity index (χ1) is 8.24. The molecule has 0 aliphatic rings. The molecule has 2 heterocycles. The van der Waals surface area contributed by atoms with E-state index in [0.717, 1.165) is 5.56 Å². The Morgan fingerprint density at radius 3 is 3.18 bits per heavy atom. The van der Waals surface area contributed by atoms with Crippen molar-refractivity contribution >= 4 is 17.2 Å². The molecule has 0 radical (unpaired) electrons. The van der Waals surface area contributed by atoms with Crippen LogP contribution < -0.4 is 11.3 Å². The van der Waals surface area contributed by atoms with Crippen molar-refractivity contribution in [1.82, 2.24) is 20.2 Å². The number of hydrogen-bond acceptors (Lipinski definition) is 6. The van der Waals surface area contributed by atoms with E-state index in [2.05, 4.69) is 15.5 Å². The number of hydrogen-bond donors (Lipinski definition) is 2. The maximum absolute atomic E-state index is 11.4. The van der Waals surface area contributed by atoms with Gasteiger partial charge in [0, 0.05) is 0 Å².